The van der Waals surface area contributed by atoms with E-state index in [1.165, 1.54) is 18.2 Å². The van der Waals surface area contributed by atoms with Crippen LogP contribution in [-0.2, 0) is 23.6 Å². The number of hydrogen-bond acceptors (Lipinski definition) is 3. The smallest absolute Gasteiger partial charge is 0.242 e. The average Bonchev–Trinajstić information content (AvgIpc) is 2.60. The van der Waals surface area contributed by atoms with Crippen molar-refractivity contribution in [1.29, 1.82) is 0 Å². The van der Waals surface area contributed by atoms with Gasteiger partial charge in [0, 0.05) is 29.9 Å². The minimum absolute atomic E-state index is 0.00719. The molecule has 0 aliphatic carbocycles. The van der Waals surface area contributed by atoms with Crippen molar-refractivity contribution in [3.63, 3.8) is 0 Å². The van der Waals surface area contributed by atoms with Crippen molar-refractivity contribution in [3.8, 4) is 0 Å². The molecule has 1 aromatic carbocycles. The Kier molecular flexibility index (Phi) is 4.63. The molecule has 0 saturated heterocycles. The summed E-state index contributed by atoms with van der Waals surface area (Å²) in [6.07, 6.45) is 0. The molecule has 114 valence electrons. The highest BCUT2D eigenvalue weighted by Crippen LogP contribution is 2.25. The standard InChI is InChI=1S/C13H15Cl2N3O2S/c1-8-11(9(2)18(3)17-8)7-16-21(19,20)13-5-4-10(14)6-12(13)15/h4-6,16H,7H2,1-3H3. The zero-order valence-corrected chi connectivity index (χ0v) is 14.1. The van der Waals surface area contributed by atoms with Gasteiger partial charge in [0.25, 0.3) is 0 Å². The zero-order valence-electron chi connectivity index (χ0n) is 11.8. The van der Waals surface area contributed by atoms with E-state index in [9.17, 15) is 8.42 Å². The SMILES string of the molecule is Cc1nn(C)c(C)c1CNS(=O)(=O)c1ccc(Cl)cc1Cl. The summed E-state index contributed by atoms with van der Waals surface area (Å²) in [6.45, 7) is 3.89. The predicted molar refractivity (Wildman–Crippen MR) is 83.2 cm³/mol. The van der Waals surface area contributed by atoms with Crippen molar-refractivity contribution in [3.05, 3.63) is 45.2 Å². The summed E-state index contributed by atoms with van der Waals surface area (Å²) in [5.41, 5.74) is 2.56. The molecule has 1 aromatic heterocycles. The van der Waals surface area contributed by atoms with E-state index in [0.717, 1.165) is 17.0 Å². The van der Waals surface area contributed by atoms with Gasteiger partial charge in [0.15, 0.2) is 0 Å². The van der Waals surface area contributed by atoms with Crippen molar-refractivity contribution in [1.82, 2.24) is 14.5 Å². The van der Waals surface area contributed by atoms with Crippen LogP contribution in [0.5, 0.6) is 0 Å². The first kappa shape index (κ1) is 16.3. The Bertz CT molecular complexity index is 785. The van der Waals surface area contributed by atoms with Crippen LogP contribution in [0.1, 0.15) is 17.0 Å². The zero-order chi connectivity index (χ0) is 15.8. The fourth-order valence-electron chi connectivity index (χ4n) is 2.01. The van der Waals surface area contributed by atoms with E-state index in [0.29, 0.717) is 5.02 Å². The van der Waals surface area contributed by atoms with Crippen LogP contribution in [-0.4, -0.2) is 18.2 Å². The Morgan fingerprint density at radius 1 is 1.29 bits per heavy atom. The number of benzene rings is 1. The van der Waals surface area contributed by atoms with Crippen molar-refractivity contribution < 1.29 is 8.42 Å². The highest BCUT2D eigenvalue weighted by molar-refractivity contribution is 7.89. The van der Waals surface area contributed by atoms with Crippen LogP contribution in [0.25, 0.3) is 0 Å². The summed E-state index contributed by atoms with van der Waals surface area (Å²) in [6, 6.07) is 4.27. The number of halogens is 2. The average molecular weight is 348 g/mol. The number of nitrogens with one attached hydrogen (secondary N) is 1. The molecule has 5 nitrogen and oxygen atoms in total. The molecular weight excluding hydrogens is 333 g/mol. The van der Waals surface area contributed by atoms with Crippen LogP contribution >= 0.6 is 23.2 Å². The third kappa shape index (κ3) is 3.40. The number of nitrogens with zero attached hydrogens (tertiary/aromatic N) is 2. The molecule has 0 bridgehead atoms. The Labute approximate surface area is 133 Å². The van der Waals surface area contributed by atoms with Gasteiger partial charge in [-0.05, 0) is 32.0 Å². The van der Waals surface area contributed by atoms with Gasteiger partial charge in [0.1, 0.15) is 4.90 Å². The Balaban J connectivity index is 2.26. The van der Waals surface area contributed by atoms with Crippen LogP contribution < -0.4 is 4.72 Å². The van der Waals surface area contributed by atoms with Crippen LogP contribution in [0.3, 0.4) is 0 Å². The first-order chi connectivity index (χ1) is 9.72. The maximum absolute atomic E-state index is 12.3. The predicted octanol–water partition coefficient (Wildman–Crippen LogP) is 2.82. The Morgan fingerprint density at radius 2 is 1.95 bits per heavy atom. The number of sulfonamides is 1. The molecule has 1 N–H and O–H groups in total. The van der Waals surface area contributed by atoms with Crippen LogP contribution in [0.2, 0.25) is 10.0 Å². The molecule has 0 unspecified atom stereocenters. The van der Waals surface area contributed by atoms with Crippen molar-refractivity contribution in [2.24, 2.45) is 7.05 Å². The van der Waals surface area contributed by atoms with Crippen LogP contribution in [0.4, 0.5) is 0 Å². The quantitative estimate of drug-likeness (QED) is 0.924. The lowest BCUT2D eigenvalue weighted by Crippen LogP contribution is -2.24. The largest absolute Gasteiger partial charge is 0.272 e. The molecule has 21 heavy (non-hydrogen) atoms. The summed E-state index contributed by atoms with van der Waals surface area (Å²) in [5.74, 6) is 0. The monoisotopic (exact) mass is 347 g/mol. The summed E-state index contributed by atoms with van der Waals surface area (Å²) >= 11 is 11.7. The second-order valence-corrected chi connectivity index (χ2v) is 7.25. The third-order valence-electron chi connectivity index (χ3n) is 3.28. The highest BCUT2D eigenvalue weighted by atomic mass is 35.5. The van der Waals surface area contributed by atoms with Gasteiger partial charge in [0.2, 0.25) is 10.0 Å². The third-order valence-corrected chi connectivity index (χ3v) is 5.40. The molecule has 0 amide bonds. The van der Waals surface area contributed by atoms with Crippen LogP contribution in [0.15, 0.2) is 23.1 Å². The fourth-order valence-corrected chi connectivity index (χ4v) is 3.78. The molecule has 0 spiro atoms. The Morgan fingerprint density at radius 3 is 2.48 bits per heavy atom. The molecule has 0 fully saturated rings. The van der Waals surface area contributed by atoms with Crippen molar-refractivity contribution in [2.45, 2.75) is 25.3 Å². The van der Waals surface area contributed by atoms with E-state index < -0.39 is 10.0 Å². The lowest BCUT2D eigenvalue weighted by atomic mass is 10.2. The summed E-state index contributed by atoms with van der Waals surface area (Å²) in [5, 5.41) is 4.73. The van der Waals surface area contributed by atoms with E-state index in [-0.39, 0.29) is 16.5 Å². The normalized spacial score (nSPS) is 11.9. The van der Waals surface area contributed by atoms with E-state index in [1.807, 2.05) is 20.9 Å². The molecule has 8 heteroatoms. The maximum atomic E-state index is 12.3. The molecule has 0 atom stereocenters. The molecular formula is C13H15Cl2N3O2S. The second kappa shape index (κ2) is 5.96. The van der Waals surface area contributed by atoms with Crippen molar-refractivity contribution in [2.75, 3.05) is 0 Å². The van der Waals surface area contributed by atoms with Gasteiger partial charge >= 0.3 is 0 Å². The molecule has 1 heterocycles. The first-order valence-electron chi connectivity index (χ1n) is 6.16. The van der Waals surface area contributed by atoms with E-state index in [4.69, 9.17) is 23.2 Å². The van der Waals surface area contributed by atoms with Gasteiger partial charge in [-0.2, -0.15) is 5.10 Å². The van der Waals surface area contributed by atoms with E-state index in [2.05, 4.69) is 9.82 Å². The Hall–Kier alpha value is -1.08. The van der Waals surface area contributed by atoms with Gasteiger partial charge < -0.3 is 0 Å². The van der Waals surface area contributed by atoms with Gasteiger partial charge in [-0.3, -0.25) is 4.68 Å². The number of aryl methyl sites for hydroxylation is 2. The molecule has 2 rings (SSSR count). The van der Waals surface area contributed by atoms with Gasteiger partial charge in [-0.1, -0.05) is 23.2 Å². The molecule has 0 saturated carbocycles. The lowest BCUT2D eigenvalue weighted by Gasteiger charge is -2.09. The summed E-state index contributed by atoms with van der Waals surface area (Å²) in [7, 11) is -1.89. The minimum atomic E-state index is -3.71. The van der Waals surface area contributed by atoms with Gasteiger partial charge in [-0.25, -0.2) is 13.1 Å². The molecule has 0 radical (unpaired) electrons. The molecule has 2 aromatic rings. The fraction of sp³-hybridized carbons (Fsp3) is 0.308. The van der Waals surface area contributed by atoms with E-state index >= 15 is 0 Å². The molecule has 0 aliphatic heterocycles. The maximum Gasteiger partial charge on any atom is 0.242 e. The molecule has 0 aliphatic rings. The topological polar surface area (TPSA) is 64.0 Å². The van der Waals surface area contributed by atoms with Gasteiger partial charge in [-0.15, -0.1) is 0 Å². The van der Waals surface area contributed by atoms with Crippen molar-refractivity contribution >= 4 is 33.2 Å². The summed E-state index contributed by atoms with van der Waals surface area (Å²) in [4.78, 5) is 0.00719. The first-order valence-corrected chi connectivity index (χ1v) is 8.40. The highest BCUT2D eigenvalue weighted by Gasteiger charge is 2.19. The lowest BCUT2D eigenvalue weighted by molar-refractivity contribution is 0.581. The minimum Gasteiger partial charge on any atom is -0.272 e. The van der Waals surface area contributed by atoms with Gasteiger partial charge in [0.05, 0.1) is 10.7 Å². The number of rotatable bonds is 4. The number of hydrogen-bond donors (Lipinski definition) is 1. The number of aromatic nitrogens is 2. The van der Waals surface area contributed by atoms with E-state index in [1.54, 1.807) is 4.68 Å². The second-order valence-electron chi connectivity index (χ2n) is 4.67. The van der Waals surface area contributed by atoms with Crippen LogP contribution in [0, 0.1) is 13.8 Å². The summed E-state index contributed by atoms with van der Waals surface area (Å²) < 4.78 is 28.9.